The van der Waals surface area contributed by atoms with Gasteiger partial charge in [-0.2, -0.15) is 10.2 Å². The van der Waals surface area contributed by atoms with Crippen LogP contribution in [0.1, 0.15) is 17.2 Å². The highest BCUT2D eigenvalue weighted by molar-refractivity contribution is 9.10. The molecular formula is C13H14BrN3. The number of rotatable bonds is 4. The molecule has 3 nitrogen and oxygen atoms in total. The third-order valence-electron chi connectivity index (χ3n) is 2.71. The summed E-state index contributed by atoms with van der Waals surface area (Å²) >= 11 is 3.44. The molecule has 0 aliphatic rings. The molecule has 17 heavy (non-hydrogen) atoms. The molecule has 1 atom stereocenters. The molecule has 0 saturated heterocycles. The van der Waals surface area contributed by atoms with Crippen molar-refractivity contribution in [2.45, 2.75) is 12.5 Å². The average molecular weight is 292 g/mol. The van der Waals surface area contributed by atoms with E-state index in [0.29, 0.717) is 0 Å². The normalized spacial score (nSPS) is 12.4. The van der Waals surface area contributed by atoms with Gasteiger partial charge in [0.15, 0.2) is 0 Å². The van der Waals surface area contributed by atoms with Gasteiger partial charge in [-0.05, 0) is 42.8 Å². The lowest BCUT2D eigenvalue weighted by molar-refractivity contribution is 0.588. The fraction of sp³-hybridized carbons (Fsp3) is 0.231. The second-order valence-corrected chi connectivity index (χ2v) is 4.76. The van der Waals surface area contributed by atoms with Crippen LogP contribution >= 0.6 is 15.9 Å². The summed E-state index contributed by atoms with van der Waals surface area (Å²) in [7, 11) is 1.96. The number of hydrogen-bond donors (Lipinski definition) is 1. The molecule has 1 unspecified atom stereocenters. The Morgan fingerprint density at radius 3 is 2.53 bits per heavy atom. The highest BCUT2D eigenvalue weighted by Gasteiger charge is 2.09. The molecule has 2 aromatic rings. The fourth-order valence-corrected chi connectivity index (χ4v) is 2.01. The van der Waals surface area contributed by atoms with Gasteiger partial charge >= 0.3 is 0 Å². The number of benzene rings is 1. The van der Waals surface area contributed by atoms with Crippen molar-refractivity contribution in [1.29, 1.82) is 0 Å². The van der Waals surface area contributed by atoms with Crippen molar-refractivity contribution in [3.8, 4) is 0 Å². The molecule has 0 fully saturated rings. The smallest absolute Gasteiger partial charge is 0.0544 e. The van der Waals surface area contributed by atoms with Gasteiger partial charge in [0.1, 0.15) is 0 Å². The van der Waals surface area contributed by atoms with Crippen LogP contribution in [0.15, 0.2) is 47.2 Å². The van der Waals surface area contributed by atoms with Crippen molar-refractivity contribution < 1.29 is 0 Å². The van der Waals surface area contributed by atoms with E-state index >= 15 is 0 Å². The van der Waals surface area contributed by atoms with Crippen molar-refractivity contribution >= 4 is 15.9 Å². The van der Waals surface area contributed by atoms with E-state index in [1.165, 1.54) is 5.56 Å². The van der Waals surface area contributed by atoms with E-state index in [9.17, 15) is 0 Å². The number of hydrogen-bond acceptors (Lipinski definition) is 3. The van der Waals surface area contributed by atoms with Gasteiger partial charge in [0.25, 0.3) is 0 Å². The van der Waals surface area contributed by atoms with Gasteiger partial charge in [-0.1, -0.05) is 28.1 Å². The summed E-state index contributed by atoms with van der Waals surface area (Å²) < 4.78 is 1.10. The Hall–Kier alpha value is -1.26. The molecule has 1 N–H and O–H groups in total. The van der Waals surface area contributed by atoms with Crippen LogP contribution in [0.4, 0.5) is 0 Å². The molecule has 0 aliphatic carbocycles. The monoisotopic (exact) mass is 291 g/mol. The van der Waals surface area contributed by atoms with E-state index in [4.69, 9.17) is 0 Å². The number of nitrogens with zero attached hydrogens (tertiary/aromatic N) is 2. The summed E-state index contributed by atoms with van der Waals surface area (Å²) in [5.41, 5.74) is 2.45. The molecule has 0 spiro atoms. The zero-order valence-electron chi connectivity index (χ0n) is 9.60. The number of halogens is 1. The number of aromatic nitrogens is 2. The van der Waals surface area contributed by atoms with E-state index in [2.05, 4.69) is 55.7 Å². The van der Waals surface area contributed by atoms with E-state index in [-0.39, 0.29) is 6.04 Å². The summed E-state index contributed by atoms with van der Waals surface area (Å²) in [5, 5.41) is 11.0. The molecule has 2 rings (SSSR count). The predicted molar refractivity (Wildman–Crippen MR) is 71.7 cm³/mol. The molecular weight excluding hydrogens is 278 g/mol. The van der Waals surface area contributed by atoms with Gasteiger partial charge < -0.3 is 5.32 Å². The van der Waals surface area contributed by atoms with Gasteiger partial charge in [0, 0.05) is 16.7 Å². The minimum atomic E-state index is 0.270. The molecule has 0 bridgehead atoms. The van der Waals surface area contributed by atoms with Gasteiger partial charge in [0.2, 0.25) is 0 Å². The zero-order valence-corrected chi connectivity index (χ0v) is 11.2. The minimum Gasteiger partial charge on any atom is -0.313 e. The summed E-state index contributed by atoms with van der Waals surface area (Å²) in [5.74, 6) is 0. The van der Waals surface area contributed by atoms with Crippen molar-refractivity contribution in [2.24, 2.45) is 0 Å². The predicted octanol–water partition coefficient (Wildman–Crippen LogP) is 2.74. The largest absolute Gasteiger partial charge is 0.313 e. The van der Waals surface area contributed by atoms with Crippen molar-refractivity contribution in [3.05, 3.63) is 58.3 Å². The van der Waals surface area contributed by atoms with Gasteiger partial charge in [-0.3, -0.25) is 0 Å². The van der Waals surface area contributed by atoms with Crippen LogP contribution in [0.25, 0.3) is 0 Å². The maximum atomic E-state index is 3.91. The maximum Gasteiger partial charge on any atom is 0.0544 e. The van der Waals surface area contributed by atoms with Crippen LogP contribution < -0.4 is 5.32 Å². The van der Waals surface area contributed by atoms with E-state index in [1.807, 2.05) is 13.1 Å². The van der Waals surface area contributed by atoms with Crippen LogP contribution in [0.2, 0.25) is 0 Å². The number of likely N-dealkylation sites (N-methyl/N-ethyl adjacent to an activating group) is 1. The molecule has 0 saturated carbocycles. The highest BCUT2D eigenvalue weighted by Crippen LogP contribution is 2.18. The molecule has 0 aliphatic heterocycles. The second kappa shape index (κ2) is 5.89. The average Bonchev–Trinajstić information content (AvgIpc) is 2.39. The Bertz CT molecular complexity index is 456. The molecule has 1 aromatic heterocycles. The molecule has 1 heterocycles. The third kappa shape index (κ3) is 3.35. The van der Waals surface area contributed by atoms with Crippen LogP contribution in [-0.4, -0.2) is 17.2 Å². The van der Waals surface area contributed by atoms with Gasteiger partial charge in [-0.15, -0.1) is 0 Å². The van der Waals surface area contributed by atoms with Crippen molar-refractivity contribution in [2.75, 3.05) is 7.05 Å². The van der Waals surface area contributed by atoms with Crippen LogP contribution in [0.5, 0.6) is 0 Å². The van der Waals surface area contributed by atoms with Crippen molar-refractivity contribution in [1.82, 2.24) is 15.5 Å². The van der Waals surface area contributed by atoms with Gasteiger partial charge in [0.05, 0.1) is 6.20 Å². The lowest BCUT2D eigenvalue weighted by Crippen LogP contribution is -2.19. The Morgan fingerprint density at radius 1 is 1.18 bits per heavy atom. The topological polar surface area (TPSA) is 37.8 Å². The van der Waals surface area contributed by atoms with Crippen LogP contribution in [0.3, 0.4) is 0 Å². The van der Waals surface area contributed by atoms with E-state index in [0.717, 1.165) is 16.5 Å². The first-order valence-corrected chi connectivity index (χ1v) is 6.27. The first-order chi connectivity index (χ1) is 8.29. The third-order valence-corrected chi connectivity index (χ3v) is 3.24. The zero-order chi connectivity index (χ0) is 12.1. The van der Waals surface area contributed by atoms with Crippen LogP contribution in [-0.2, 0) is 6.42 Å². The minimum absolute atomic E-state index is 0.270. The Balaban J connectivity index is 2.13. The number of nitrogens with one attached hydrogen (secondary N) is 1. The summed E-state index contributed by atoms with van der Waals surface area (Å²) in [4.78, 5) is 0. The lowest BCUT2D eigenvalue weighted by atomic mass is 10.0. The molecule has 0 amide bonds. The summed E-state index contributed by atoms with van der Waals surface area (Å²) in [6, 6.07) is 10.6. The van der Waals surface area contributed by atoms with E-state index in [1.54, 1.807) is 12.4 Å². The second-order valence-electron chi connectivity index (χ2n) is 3.85. The fourth-order valence-electron chi connectivity index (χ4n) is 1.75. The van der Waals surface area contributed by atoms with Crippen LogP contribution in [0, 0.1) is 0 Å². The van der Waals surface area contributed by atoms with Gasteiger partial charge in [-0.25, -0.2) is 0 Å². The molecule has 1 aromatic carbocycles. The summed E-state index contributed by atoms with van der Waals surface area (Å²) in [6.07, 6.45) is 4.47. The first-order valence-electron chi connectivity index (χ1n) is 5.48. The molecule has 4 heteroatoms. The quantitative estimate of drug-likeness (QED) is 0.941. The Kier molecular flexibility index (Phi) is 4.23. The van der Waals surface area contributed by atoms with Crippen molar-refractivity contribution in [3.63, 3.8) is 0 Å². The van der Waals surface area contributed by atoms with E-state index < -0.39 is 0 Å². The lowest BCUT2D eigenvalue weighted by Gasteiger charge is -2.16. The standard InChI is InChI=1S/C13H14BrN3/c1-15-13(11-6-7-16-17-9-11)8-10-2-4-12(14)5-3-10/h2-7,9,13,15H,8H2,1H3. The first kappa shape index (κ1) is 12.2. The molecule has 88 valence electrons. The Morgan fingerprint density at radius 2 is 1.94 bits per heavy atom. The Labute approximate surface area is 109 Å². The maximum absolute atomic E-state index is 3.91. The summed E-state index contributed by atoms with van der Waals surface area (Å²) in [6.45, 7) is 0. The SMILES string of the molecule is CNC(Cc1ccc(Br)cc1)c1ccnnc1. The highest BCUT2D eigenvalue weighted by atomic mass is 79.9. The molecule has 0 radical (unpaired) electrons.